The van der Waals surface area contributed by atoms with Gasteiger partial charge in [0.25, 0.3) is 0 Å². The largest absolute Gasteiger partial charge is 0.466 e. The van der Waals surface area contributed by atoms with Crippen molar-refractivity contribution in [2.24, 2.45) is 11.3 Å². The van der Waals surface area contributed by atoms with Gasteiger partial charge in [0.15, 0.2) is 0 Å². The summed E-state index contributed by atoms with van der Waals surface area (Å²) in [6.07, 6.45) is 10.3. The predicted octanol–water partition coefficient (Wildman–Crippen LogP) is 3.46. The third-order valence-corrected chi connectivity index (χ3v) is 5.72. The van der Waals surface area contributed by atoms with Gasteiger partial charge in [0.2, 0.25) is 0 Å². The molecule has 2 aliphatic rings. The van der Waals surface area contributed by atoms with Gasteiger partial charge in [-0.2, -0.15) is 0 Å². The maximum Gasteiger partial charge on any atom is 0.312 e. The van der Waals surface area contributed by atoms with Crippen LogP contribution >= 0.6 is 0 Å². The van der Waals surface area contributed by atoms with Crippen LogP contribution in [0.5, 0.6) is 0 Å². The fourth-order valence-corrected chi connectivity index (χ4v) is 4.03. The van der Waals surface area contributed by atoms with E-state index in [0.717, 1.165) is 44.7 Å². The molecular formula is C20H30N2O2. The number of aromatic nitrogens is 1. The molecule has 0 bridgehead atoms. The van der Waals surface area contributed by atoms with Gasteiger partial charge in [-0.05, 0) is 70.2 Å². The maximum absolute atomic E-state index is 12.6. The summed E-state index contributed by atoms with van der Waals surface area (Å²) in [7, 11) is 0. The van der Waals surface area contributed by atoms with Gasteiger partial charge in [0.05, 0.1) is 12.0 Å². The molecule has 4 heteroatoms. The van der Waals surface area contributed by atoms with Crippen LogP contribution in [0.1, 0.15) is 51.5 Å². The summed E-state index contributed by atoms with van der Waals surface area (Å²) >= 11 is 0. The van der Waals surface area contributed by atoms with Crippen molar-refractivity contribution in [3.63, 3.8) is 0 Å². The van der Waals surface area contributed by atoms with Gasteiger partial charge in [0, 0.05) is 18.4 Å². The molecule has 4 nitrogen and oxygen atoms in total. The lowest BCUT2D eigenvalue weighted by molar-refractivity contribution is -0.160. The summed E-state index contributed by atoms with van der Waals surface area (Å²) in [5.74, 6) is 0.810. The van der Waals surface area contributed by atoms with E-state index < -0.39 is 0 Å². The second kappa shape index (κ2) is 7.64. The summed E-state index contributed by atoms with van der Waals surface area (Å²) in [6.45, 7) is 6.67. The molecule has 1 aliphatic heterocycles. The number of piperidine rings is 1. The summed E-state index contributed by atoms with van der Waals surface area (Å²) in [4.78, 5) is 19.3. The lowest BCUT2D eigenvalue weighted by Crippen LogP contribution is -2.48. The highest BCUT2D eigenvalue weighted by molar-refractivity contribution is 5.77. The van der Waals surface area contributed by atoms with Gasteiger partial charge in [-0.15, -0.1) is 0 Å². The molecule has 0 aromatic carbocycles. The zero-order chi connectivity index (χ0) is 17.0. The van der Waals surface area contributed by atoms with E-state index in [-0.39, 0.29) is 11.4 Å². The van der Waals surface area contributed by atoms with Crippen molar-refractivity contribution in [2.75, 3.05) is 19.7 Å². The first-order valence-electron chi connectivity index (χ1n) is 9.43. The van der Waals surface area contributed by atoms with Gasteiger partial charge >= 0.3 is 5.97 Å². The molecule has 2 heterocycles. The van der Waals surface area contributed by atoms with E-state index in [0.29, 0.717) is 12.6 Å². The lowest BCUT2D eigenvalue weighted by atomic mass is 9.74. The van der Waals surface area contributed by atoms with Crippen LogP contribution in [0.2, 0.25) is 0 Å². The van der Waals surface area contributed by atoms with E-state index >= 15 is 0 Å². The Bertz CT molecular complexity index is 534. The number of carbonyl (C=O) groups excluding carboxylic acids is 1. The Kier molecular flexibility index (Phi) is 5.54. The SMILES string of the molecule is CCOC(=O)C1(CC2CC2)CCN([C@H](C)Cc2cccnc2)CC1. The number of hydrogen-bond donors (Lipinski definition) is 0. The Hall–Kier alpha value is -1.42. The standard InChI is InChI=1S/C20H30N2O2/c1-3-24-19(23)20(14-17-6-7-17)8-11-22(12-9-20)16(2)13-18-5-4-10-21-15-18/h4-5,10,15-17H,3,6-9,11-14H2,1-2H3/t16-/m1/s1. The Morgan fingerprint density at radius 2 is 2.17 bits per heavy atom. The Morgan fingerprint density at radius 1 is 1.42 bits per heavy atom. The first-order valence-corrected chi connectivity index (χ1v) is 9.43. The van der Waals surface area contributed by atoms with Crippen molar-refractivity contribution < 1.29 is 9.53 Å². The summed E-state index contributed by atoms with van der Waals surface area (Å²) in [5, 5.41) is 0. The van der Waals surface area contributed by atoms with Gasteiger partial charge in [-0.25, -0.2) is 0 Å². The molecule has 1 saturated carbocycles. The number of nitrogens with zero attached hydrogens (tertiary/aromatic N) is 2. The molecule has 3 rings (SSSR count). The molecule has 0 N–H and O–H groups in total. The Balaban J connectivity index is 1.58. The van der Waals surface area contributed by atoms with Gasteiger partial charge in [-0.3, -0.25) is 9.78 Å². The number of pyridine rings is 1. The summed E-state index contributed by atoms with van der Waals surface area (Å²) < 4.78 is 5.44. The van der Waals surface area contributed by atoms with Crippen molar-refractivity contribution in [3.05, 3.63) is 30.1 Å². The van der Waals surface area contributed by atoms with Crippen molar-refractivity contribution in [3.8, 4) is 0 Å². The summed E-state index contributed by atoms with van der Waals surface area (Å²) in [5.41, 5.74) is 1.06. The van der Waals surface area contributed by atoms with Crippen LogP contribution in [0.25, 0.3) is 0 Å². The fraction of sp³-hybridized carbons (Fsp3) is 0.700. The molecule has 1 aromatic heterocycles. The van der Waals surface area contributed by atoms with Gasteiger partial charge in [0.1, 0.15) is 0 Å². The van der Waals surface area contributed by atoms with E-state index in [1.807, 2.05) is 25.4 Å². The summed E-state index contributed by atoms with van der Waals surface area (Å²) in [6, 6.07) is 4.62. The molecule has 2 fully saturated rings. The number of carbonyl (C=O) groups is 1. The molecular weight excluding hydrogens is 300 g/mol. The zero-order valence-corrected chi connectivity index (χ0v) is 15.0. The molecule has 1 aliphatic carbocycles. The smallest absolute Gasteiger partial charge is 0.312 e. The van der Waals surface area contributed by atoms with Crippen LogP contribution < -0.4 is 0 Å². The fourth-order valence-electron chi connectivity index (χ4n) is 4.03. The van der Waals surface area contributed by atoms with Crippen molar-refractivity contribution in [1.29, 1.82) is 0 Å². The van der Waals surface area contributed by atoms with Crippen molar-refractivity contribution in [1.82, 2.24) is 9.88 Å². The molecule has 1 saturated heterocycles. The van der Waals surface area contributed by atoms with Crippen LogP contribution in [0.4, 0.5) is 0 Å². The van der Waals surface area contributed by atoms with E-state index in [1.165, 1.54) is 18.4 Å². The number of rotatable bonds is 7. The first kappa shape index (κ1) is 17.4. The van der Waals surface area contributed by atoms with Gasteiger partial charge in [-0.1, -0.05) is 18.9 Å². The van der Waals surface area contributed by atoms with Crippen LogP contribution in [0, 0.1) is 11.3 Å². The third kappa shape index (κ3) is 4.15. The minimum Gasteiger partial charge on any atom is -0.466 e. The van der Waals surface area contributed by atoms with E-state index in [2.05, 4.69) is 22.9 Å². The molecule has 24 heavy (non-hydrogen) atoms. The number of likely N-dealkylation sites (tertiary alicyclic amines) is 1. The number of hydrogen-bond acceptors (Lipinski definition) is 4. The average Bonchev–Trinajstić information content (AvgIpc) is 3.40. The van der Waals surface area contributed by atoms with Crippen LogP contribution in [-0.2, 0) is 16.0 Å². The Morgan fingerprint density at radius 3 is 2.75 bits per heavy atom. The van der Waals surface area contributed by atoms with Crippen LogP contribution in [0.15, 0.2) is 24.5 Å². The monoisotopic (exact) mass is 330 g/mol. The van der Waals surface area contributed by atoms with E-state index in [4.69, 9.17) is 4.74 Å². The Labute approximate surface area is 145 Å². The first-order chi connectivity index (χ1) is 11.6. The highest BCUT2D eigenvalue weighted by Crippen LogP contribution is 2.46. The normalized spacial score (nSPS) is 22.1. The minimum atomic E-state index is -0.221. The molecule has 0 spiro atoms. The van der Waals surface area contributed by atoms with E-state index in [1.54, 1.807) is 0 Å². The highest BCUT2D eigenvalue weighted by Gasteiger charge is 2.46. The van der Waals surface area contributed by atoms with Crippen molar-refractivity contribution >= 4 is 5.97 Å². The molecule has 1 atom stereocenters. The molecule has 0 amide bonds. The molecule has 0 radical (unpaired) electrons. The average molecular weight is 330 g/mol. The maximum atomic E-state index is 12.6. The van der Waals surface area contributed by atoms with Crippen molar-refractivity contribution in [2.45, 2.75) is 58.4 Å². The van der Waals surface area contributed by atoms with E-state index in [9.17, 15) is 4.79 Å². The quantitative estimate of drug-likeness (QED) is 0.718. The molecule has 0 unspecified atom stereocenters. The lowest BCUT2D eigenvalue weighted by Gasteiger charge is -2.42. The van der Waals surface area contributed by atoms with Crippen LogP contribution in [0.3, 0.4) is 0 Å². The molecule has 132 valence electrons. The zero-order valence-electron chi connectivity index (χ0n) is 15.0. The third-order valence-electron chi connectivity index (χ3n) is 5.72. The second-order valence-corrected chi connectivity index (χ2v) is 7.60. The number of ether oxygens (including phenoxy) is 1. The highest BCUT2D eigenvalue weighted by atomic mass is 16.5. The predicted molar refractivity (Wildman–Crippen MR) is 94.6 cm³/mol. The topological polar surface area (TPSA) is 42.4 Å². The number of esters is 1. The van der Waals surface area contributed by atoms with Gasteiger partial charge < -0.3 is 9.64 Å². The second-order valence-electron chi connectivity index (χ2n) is 7.60. The molecule has 1 aromatic rings. The van der Waals surface area contributed by atoms with Crippen LogP contribution in [-0.4, -0.2) is 41.6 Å². The minimum absolute atomic E-state index is 0.0523.